The lowest BCUT2D eigenvalue weighted by Crippen LogP contribution is -2.10. The van der Waals surface area contributed by atoms with Gasteiger partial charge < -0.3 is 14.5 Å². The molecule has 33 heavy (non-hydrogen) atoms. The molecule has 168 valence electrons. The standard InChI is InChI=1S/C25H21Cl2N3O3/c1-2-6-17-7-3-4-10-23(17)32-16-19-11-12-24(33-19)25(31)29-18-13-28-30(14-18)15-20-21(26)8-5-9-22(20)27/h2-5,7-14H,1,6,15-16H2,(H,29,31). The number of anilines is 1. The Bertz CT molecular complexity index is 1260. The number of halogens is 2. The van der Waals surface area contributed by atoms with Crippen molar-refractivity contribution in [2.75, 3.05) is 5.32 Å². The normalized spacial score (nSPS) is 10.7. The molecule has 1 amide bonds. The lowest BCUT2D eigenvalue weighted by atomic mass is 10.1. The van der Waals surface area contributed by atoms with Gasteiger partial charge in [0.2, 0.25) is 0 Å². The van der Waals surface area contributed by atoms with Crippen LogP contribution in [0.4, 0.5) is 5.69 Å². The zero-order valence-corrected chi connectivity index (χ0v) is 19.1. The highest BCUT2D eigenvalue weighted by Crippen LogP contribution is 2.25. The van der Waals surface area contributed by atoms with E-state index in [4.69, 9.17) is 32.4 Å². The van der Waals surface area contributed by atoms with Crippen LogP contribution in [0.1, 0.15) is 27.4 Å². The molecule has 0 fully saturated rings. The third-order valence-electron chi connectivity index (χ3n) is 4.87. The quantitative estimate of drug-likeness (QED) is 0.281. The number of furan rings is 1. The first-order valence-electron chi connectivity index (χ1n) is 10.2. The van der Waals surface area contributed by atoms with Crippen LogP contribution in [0.25, 0.3) is 0 Å². The van der Waals surface area contributed by atoms with Gasteiger partial charge in [0, 0.05) is 21.8 Å². The highest BCUT2D eigenvalue weighted by molar-refractivity contribution is 6.35. The van der Waals surface area contributed by atoms with Crippen LogP contribution in [0, 0.1) is 0 Å². The summed E-state index contributed by atoms with van der Waals surface area (Å²) in [5.41, 5.74) is 2.31. The molecule has 4 aromatic rings. The van der Waals surface area contributed by atoms with E-state index in [-0.39, 0.29) is 18.3 Å². The molecule has 0 spiro atoms. The first-order valence-corrected chi connectivity index (χ1v) is 11.0. The van der Waals surface area contributed by atoms with Crippen molar-refractivity contribution in [1.82, 2.24) is 9.78 Å². The third-order valence-corrected chi connectivity index (χ3v) is 5.57. The molecule has 0 bridgehead atoms. The lowest BCUT2D eigenvalue weighted by molar-refractivity contribution is 0.0992. The van der Waals surface area contributed by atoms with Crippen LogP contribution in [0.2, 0.25) is 10.0 Å². The Kier molecular flexibility index (Phi) is 7.17. The number of amides is 1. The second-order valence-corrected chi connectivity index (χ2v) is 8.05. The average Bonchev–Trinajstić information content (AvgIpc) is 3.46. The van der Waals surface area contributed by atoms with E-state index in [0.29, 0.717) is 34.5 Å². The summed E-state index contributed by atoms with van der Waals surface area (Å²) in [6.45, 7) is 4.35. The molecule has 2 aromatic carbocycles. The van der Waals surface area contributed by atoms with Crippen LogP contribution in [0.5, 0.6) is 5.75 Å². The molecule has 6 nitrogen and oxygen atoms in total. The van der Waals surface area contributed by atoms with E-state index in [2.05, 4.69) is 17.0 Å². The minimum absolute atomic E-state index is 0.176. The average molecular weight is 482 g/mol. The Labute approximate surface area is 201 Å². The van der Waals surface area contributed by atoms with E-state index < -0.39 is 0 Å². The fraction of sp³-hybridized carbons (Fsp3) is 0.120. The Balaban J connectivity index is 1.36. The van der Waals surface area contributed by atoms with Gasteiger partial charge in [-0.15, -0.1) is 6.58 Å². The highest BCUT2D eigenvalue weighted by Gasteiger charge is 2.14. The van der Waals surface area contributed by atoms with Crippen LogP contribution >= 0.6 is 23.2 Å². The number of para-hydroxylation sites is 1. The molecule has 2 aromatic heterocycles. The van der Waals surface area contributed by atoms with E-state index >= 15 is 0 Å². The fourth-order valence-electron chi connectivity index (χ4n) is 3.25. The zero-order valence-electron chi connectivity index (χ0n) is 17.6. The van der Waals surface area contributed by atoms with Gasteiger partial charge >= 0.3 is 0 Å². The van der Waals surface area contributed by atoms with Crippen LogP contribution < -0.4 is 10.1 Å². The summed E-state index contributed by atoms with van der Waals surface area (Å²) in [6, 6.07) is 16.4. The topological polar surface area (TPSA) is 69.3 Å². The third kappa shape index (κ3) is 5.66. The van der Waals surface area contributed by atoms with E-state index in [1.165, 1.54) is 0 Å². The van der Waals surface area contributed by atoms with E-state index in [1.807, 2.05) is 30.3 Å². The molecule has 0 aliphatic heterocycles. The van der Waals surface area contributed by atoms with E-state index in [1.54, 1.807) is 47.4 Å². The molecule has 0 saturated heterocycles. The number of carbonyl (C=O) groups excluding carboxylic acids is 1. The Hall–Kier alpha value is -3.48. The SMILES string of the molecule is C=CCc1ccccc1OCc1ccc(C(=O)Nc2cnn(Cc3c(Cl)cccc3Cl)c2)o1. The van der Waals surface area contributed by atoms with Crippen molar-refractivity contribution in [3.8, 4) is 5.75 Å². The maximum Gasteiger partial charge on any atom is 0.291 e. The molecule has 0 atom stereocenters. The number of carbonyl (C=O) groups is 1. The number of ether oxygens (including phenoxy) is 1. The Morgan fingerprint density at radius 1 is 1.12 bits per heavy atom. The molecule has 1 N–H and O–H groups in total. The van der Waals surface area contributed by atoms with Crippen LogP contribution in [0.15, 0.2) is 84.1 Å². The van der Waals surface area contributed by atoms with Crippen molar-refractivity contribution in [2.24, 2.45) is 0 Å². The summed E-state index contributed by atoms with van der Waals surface area (Å²) in [5, 5.41) is 8.14. The van der Waals surface area contributed by atoms with Gasteiger partial charge in [-0.05, 0) is 42.3 Å². The fourth-order valence-corrected chi connectivity index (χ4v) is 3.76. The number of nitrogens with zero attached hydrogens (tertiary/aromatic N) is 2. The smallest absolute Gasteiger partial charge is 0.291 e. The number of rotatable bonds is 9. The first-order chi connectivity index (χ1) is 16.0. The van der Waals surface area contributed by atoms with Gasteiger partial charge in [0.25, 0.3) is 5.91 Å². The number of allylic oxidation sites excluding steroid dienone is 1. The monoisotopic (exact) mass is 481 g/mol. The predicted molar refractivity (Wildman–Crippen MR) is 129 cm³/mol. The Morgan fingerprint density at radius 3 is 2.70 bits per heavy atom. The van der Waals surface area contributed by atoms with Crippen LogP contribution in [-0.4, -0.2) is 15.7 Å². The summed E-state index contributed by atoms with van der Waals surface area (Å²) in [7, 11) is 0. The van der Waals surface area contributed by atoms with Crippen molar-refractivity contribution in [1.29, 1.82) is 0 Å². The van der Waals surface area contributed by atoms with Gasteiger partial charge in [-0.25, -0.2) is 0 Å². The molecule has 0 unspecified atom stereocenters. The molecule has 4 rings (SSSR count). The molecule has 8 heteroatoms. The van der Waals surface area contributed by atoms with E-state index in [0.717, 1.165) is 16.9 Å². The summed E-state index contributed by atoms with van der Waals surface area (Å²) in [4.78, 5) is 12.6. The van der Waals surface area contributed by atoms with Crippen LogP contribution in [0.3, 0.4) is 0 Å². The summed E-state index contributed by atoms with van der Waals surface area (Å²) >= 11 is 12.4. The van der Waals surface area contributed by atoms with Crippen LogP contribution in [-0.2, 0) is 19.6 Å². The van der Waals surface area contributed by atoms with Gasteiger partial charge in [-0.1, -0.05) is 53.5 Å². The number of hydrogen-bond acceptors (Lipinski definition) is 4. The van der Waals surface area contributed by atoms with Crippen molar-refractivity contribution in [3.63, 3.8) is 0 Å². The molecule has 0 radical (unpaired) electrons. The summed E-state index contributed by atoms with van der Waals surface area (Å²) < 4.78 is 13.2. The lowest BCUT2D eigenvalue weighted by Gasteiger charge is -2.08. The number of hydrogen-bond donors (Lipinski definition) is 1. The maximum atomic E-state index is 12.6. The number of aromatic nitrogens is 2. The second-order valence-electron chi connectivity index (χ2n) is 7.24. The zero-order chi connectivity index (χ0) is 23.2. The summed E-state index contributed by atoms with van der Waals surface area (Å²) in [6.07, 6.45) is 5.77. The predicted octanol–water partition coefficient (Wildman–Crippen LogP) is 6.39. The minimum atomic E-state index is -0.386. The number of benzene rings is 2. The highest BCUT2D eigenvalue weighted by atomic mass is 35.5. The summed E-state index contributed by atoms with van der Waals surface area (Å²) in [5.74, 6) is 1.09. The van der Waals surface area contributed by atoms with Crippen molar-refractivity contribution >= 4 is 34.8 Å². The second kappa shape index (κ2) is 10.4. The molecule has 0 saturated carbocycles. The van der Waals surface area contributed by atoms with Gasteiger partial charge in [0.05, 0.1) is 18.4 Å². The largest absolute Gasteiger partial charge is 0.485 e. The van der Waals surface area contributed by atoms with Gasteiger partial charge in [-0.2, -0.15) is 5.10 Å². The minimum Gasteiger partial charge on any atom is -0.485 e. The Morgan fingerprint density at radius 2 is 1.91 bits per heavy atom. The first kappa shape index (κ1) is 22.7. The number of nitrogens with one attached hydrogen (secondary N) is 1. The van der Waals surface area contributed by atoms with Crippen molar-refractivity contribution < 1.29 is 13.9 Å². The molecule has 0 aliphatic rings. The van der Waals surface area contributed by atoms with Gasteiger partial charge in [0.15, 0.2) is 5.76 Å². The van der Waals surface area contributed by atoms with Crippen molar-refractivity contribution in [3.05, 3.63) is 112 Å². The van der Waals surface area contributed by atoms with Crippen molar-refractivity contribution in [2.45, 2.75) is 19.6 Å². The van der Waals surface area contributed by atoms with Gasteiger partial charge in [0.1, 0.15) is 18.1 Å². The molecule has 2 heterocycles. The maximum absolute atomic E-state index is 12.6. The molecule has 0 aliphatic carbocycles. The molecular weight excluding hydrogens is 461 g/mol. The van der Waals surface area contributed by atoms with E-state index in [9.17, 15) is 4.79 Å². The molecular formula is C25H21Cl2N3O3. The van der Waals surface area contributed by atoms with Gasteiger partial charge in [-0.3, -0.25) is 9.48 Å².